The van der Waals surface area contributed by atoms with Crippen molar-refractivity contribution in [3.63, 3.8) is 0 Å². The summed E-state index contributed by atoms with van der Waals surface area (Å²) in [4.78, 5) is 16.3. The van der Waals surface area contributed by atoms with Crippen LogP contribution < -0.4 is 4.90 Å². The summed E-state index contributed by atoms with van der Waals surface area (Å²) in [5, 5.41) is 0.621. The zero-order valence-corrected chi connectivity index (χ0v) is 14.9. The molecule has 0 aromatic heterocycles. The summed E-state index contributed by atoms with van der Waals surface area (Å²) in [7, 11) is 0. The number of carbonyl (C=O) groups is 1. The van der Waals surface area contributed by atoms with Crippen LogP contribution >= 0.6 is 11.6 Å². The fraction of sp³-hybridized carbons (Fsp3) is 0.316. The molecule has 25 heavy (non-hydrogen) atoms. The first-order valence-corrected chi connectivity index (χ1v) is 8.50. The smallest absolute Gasteiger partial charge is 0.244 e. The van der Waals surface area contributed by atoms with E-state index in [1.54, 1.807) is 22.8 Å². The van der Waals surface area contributed by atoms with Crippen molar-refractivity contribution < 1.29 is 13.6 Å². The molecule has 1 aliphatic rings. The minimum atomic E-state index is -0.587. The number of nitrogens with zero attached hydrogens (tertiary/aromatic N) is 2. The van der Waals surface area contributed by atoms with Gasteiger partial charge in [-0.15, -0.1) is 0 Å². The second-order valence-electron chi connectivity index (χ2n) is 6.27. The highest BCUT2D eigenvalue weighted by Crippen LogP contribution is 2.27. The van der Waals surface area contributed by atoms with Crippen LogP contribution in [0.15, 0.2) is 36.4 Å². The van der Waals surface area contributed by atoms with Crippen molar-refractivity contribution in [1.29, 1.82) is 0 Å². The third kappa shape index (κ3) is 3.53. The monoisotopic (exact) mass is 364 g/mol. The van der Waals surface area contributed by atoms with Gasteiger partial charge in [0, 0.05) is 35.9 Å². The zero-order chi connectivity index (χ0) is 18.1. The molecule has 0 bridgehead atoms. The van der Waals surface area contributed by atoms with Gasteiger partial charge in [0.15, 0.2) is 0 Å². The van der Waals surface area contributed by atoms with E-state index < -0.39 is 17.7 Å². The van der Waals surface area contributed by atoms with Crippen LogP contribution in [0.5, 0.6) is 0 Å². The van der Waals surface area contributed by atoms with Crippen molar-refractivity contribution in [2.45, 2.75) is 26.4 Å². The molecule has 1 atom stereocenters. The van der Waals surface area contributed by atoms with Crippen LogP contribution in [0.1, 0.15) is 18.1 Å². The second-order valence-corrected chi connectivity index (χ2v) is 6.70. The standard InChI is InChI=1S/C19H19ClF2N2O/c1-12-10-14(20)6-7-18(12)24-9-8-23(13(2)19(24)25)11-15-16(21)4-3-5-17(15)22/h3-7,10,13H,8-9,11H2,1-2H3. The first-order valence-electron chi connectivity index (χ1n) is 8.13. The normalized spacial score (nSPS) is 18.7. The maximum absolute atomic E-state index is 13.9. The molecule has 1 amide bonds. The molecule has 3 rings (SSSR count). The second kappa shape index (κ2) is 7.10. The molecular weight excluding hydrogens is 346 g/mol. The molecule has 0 saturated carbocycles. The summed E-state index contributed by atoms with van der Waals surface area (Å²) in [6, 6.07) is 8.73. The molecule has 0 aliphatic carbocycles. The van der Waals surface area contributed by atoms with Crippen LogP contribution in [-0.2, 0) is 11.3 Å². The molecule has 1 heterocycles. The fourth-order valence-electron chi connectivity index (χ4n) is 3.18. The van der Waals surface area contributed by atoms with Crippen LogP contribution in [0.25, 0.3) is 0 Å². The van der Waals surface area contributed by atoms with Crippen molar-refractivity contribution in [2.75, 3.05) is 18.0 Å². The lowest BCUT2D eigenvalue weighted by Gasteiger charge is -2.39. The van der Waals surface area contributed by atoms with E-state index in [0.717, 1.165) is 11.3 Å². The van der Waals surface area contributed by atoms with E-state index in [4.69, 9.17) is 11.6 Å². The van der Waals surface area contributed by atoms with Crippen molar-refractivity contribution in [3.8, 4) is 0 Å². The van der Waals surface area contributed by atoms with Crippen LogP contribution in [-0.4, -0.2) is 29.9 Å². The Morgan fingerprint density at radius 2 is 1.84 bits per heavy atom. The molecule has 6 heteroatoms. The molecule has 2 aromatic rings. The van der Waals surface area contributed by atoms with Crippen LogP contribution in [0, 0.1) is 18.6 Å². The molecule has 1 saturated heterocycles. The first kappa shape index (κ1) is 17.8. The molecule has 0 N–H and O–H groups in total. The number of hydrogen-bond donors (Lipinski definition) is 0. The van der Waals surface area contributed by atoms with E-state index in [0.29, 0.717) is 18.1 Å². The minimum Gasteiger partial charge on any atom is -0.310 e. The van der Waals surface area contributed by atoms with Crippen LogP contribution in [0.2, 0.25) is 5.02 Å². The van der Waals surface area contributed by atoms with Crippen molar-refractivity contribution in [1.82, 2.24) is 4.90 Å². The predicted octanol–water partition coefficient (Wildman–Crippen LogP) is 4.16. The molecule has 132 valence electrons. The van der Waals surface area contributed by atoms with Crippen molar-refractivity contribution in [2.24, 2.45) is 0 Å². The number of anilines is 1. The number of benzene rings is 2. The van der Waals surface area contributed by atoms with E-state index in [-0.39, 0.29) is 18.0 Å². The Hall–Kier alpha value is -1.98. The topological polar surface area (TPSA) is 23.6 Å². The highest BCUT2D eigenvalue weighted by Gasteiger charge is 2.33. The lowest BCUT2D eigenvalue weighted by molar-refractivity contribution is -0.125. The van der Waals surface area contributed by atoms with E-state index in [1.165, 1.54) is 18.2 Å². The average molecular weight is 365 g/mol. The Morgan fingerprint density at radius 3 is 2.48 bits per heavy atom. The number of hydrogen-bond acceptors (Lipinski definition) is 2. The Morgan fingerprint density at radius 1 is 1.16 bits per heavy atom. The molecule has 1 fully saturated rings. The number of carbonyl (C=O) groups excluding carboxylic acids is 1. The SMILES string of the molecule is Cc1cc(Cl)ccc1N1CCN(Cc2c(F)cccc2F)C(C)C1=O. The van der Waals surface area contributed by atoms with E-state index in [9.17, 15) is 13.6 Å². The minimum absolute atomic E-state index is 0.00160. The van der Waals surface area contributed by atoms with Gasteiger partial charge in [-0.3, -0.25) is 9.69 Å². The molecule has 0 radical (unpaired) electrons. The van der Waals surface area contributed by atoms with Crippen molar-refractivity contribution >= 4 is 23.2 Å². The van der Waals surface area contributed by atoms with Gasteiger partial charge in [0.05, 0.1) is 6.04 Å². The summed E-state index contributed by atoms with van der Waals surface area (Å²) < 4.78 is 27.8. The van der Waals surface area contributed by atoms with E-state index >= 15 is 0 Å². The molecule has 3 nitrogen and oxygen atoms in total. The van der Waals surface area contributed by atoms with Gasteiger partial charge in [-0.1, -0.05) is 17.7 Å². The highest BCUT2D eigenvalue weighted by molar-refractivity contribution is 6.30. The first-order chi connectivity index (χ1) is 11.9. The third-order valence-electron chi connectivity index (χ3n) is 4.65. The van der Waals surface area contributed by atoms with Gasteiger partial charge in [0.25, 0.3) is 0 Å². The summed E-state index contributed by atoms with van der Waals surface area (Å²) in [6.07, 6.45) is 0. The van der Waals surface area contributed by atoms with Gasteiger partial charge in [0.1, 0.15) is 11.6 Å². The maximum atomic E-state index is 13.9. The summed E-state index contributed by atoms with van der Waals surface area (Å²) in [5.41, 5.74) is 1.73. The van der Waals surface area contributed by atoms with Gasteiger partial charge in [0.2, 0.25) is 5.91 Å². The summed E-state index contributed by atoms with van der Waals surface area (Å²) in [5.74, 6) is -1.26. The third-order valence-corrected chi connectivity index (χ3v) is 4.89. The lowest BCUT2D eigenvalue weighted by Crippen LogP contribution is -2.55. The Balaban J connectivity index is 1.80. The molecule has 0 spiro atoms. The number of amides is 1. The number of aryl methyl sites for hydroxylation is 1. The maximum Gasteiger partial charge on any atom is 0.244 e. The summed E-state index contributed by atoms with van der Waals surface area (Å²) >= 11 is 5.98. The van der Waals surface area contributed by atoms with Crippen LogP contribution in [0.3, 0.4) is 0 Å². The number of rotatable bonds is 3. The van der Waals surface area contributed by atoms with Gasteiger partial charge in [-0.05, 0) is 49.7 Å². The number of piperazine rings is 1. The Labute approximate surface area is 150 Å². The molecule has 1 unspecified atom stereocenters. The average Bonchev–Trinajstić information content (AvgIpc) is 2.56. The highest BCUT2D eigenvalue weighted by atomic mass is 35.5. The largest absolute Gasteiger partial charge is 0.310 e. The fourth-order valence-corrected chi connectivity index (χ4v) is 3.40. The van der Waals surface area contributed by atoms with Gasteiger partial charge < -0.3 is 4.90 Å². The zero-order valence-electron chi connectivity index (χ0n) is 14.1. The molecular formula is C19H19ClF2N2O. The quantitative estimate of drug-likeness (QED) is 0.816. The van der Waals surface area contributed by atoms with Gasteiger partial charge in [-0.25, -0.2) is 8.78 Å². The van der Waals surface area contributed by atoms with Gasteiger partial charge in [-0.2, -0.15) is 0 Å². The van der Waals surface area contributed by atoms with E-state index in [1.807, 2.05) is 19.1 Å². The van der Waals surface area contributed by atoms with Gasteiger partial charge >= 0.3 is 0 Å². The van der Waals surface area contributed by atoms with E-state index in [2.05, 4.69) is 0 Å². The molecule has 2 aromatic carbocycles. The molecule has 1 aliphatic heterocycles. The predicted molar refractivity (Wildman–Crippen MR) is 94.8 cm³/mol. The summed E-state index contributed by atoms with van der Waals surface area (Å²) in [6.45, 7) is 4.72. The van der Waals surface area contributed by atoms with Crippen LogP contribution in [0.4, 0.5) is 14.5 Å². The lowest BCUT2D eigenvalue weighted by atomic mass is 10.1. The Bertz CT molecular complexity index is 792. The van der Waals surface area contributed by atoms with Crippen molar-refractivity contribution in [3.05, 3.63) is 64.2 Å². The Kier molecular flexibility index (Phi) is 5.06. The number of halogens is 3.